The zero-order valence-corrected chi connectivity index (χ0v) is 11.8. The first-order valence-corrected chi connectivity index (χ1v) is 5.52. The standard InChI is InChI=1S/C8H12.C6H8.Ir/c1-2-4-6-8-7-5-3-1;1-6-4-2-3-5-6;/h1-2,7-8H,3-6H2;2-4H,5H2,1H3;/b2-1-,8-7-;;. The molecule has 0 heterocycles. The molecule has 0 aliphatic heterocycles. The Hall–Kier alpha value is -0.391. The predicted molar refractivity (Wildman–Crippen MR) is 64.3 cm³/mol. The van der Waals surface area contributed by atoms with Gasteiger partial charge in [-0.05, 0) is 39.0 Å². The van der Waals surface area contributed by atoms with E-state index < -0.39 is 0 Å². The van der Waals surface area contributed by atoms with Crippen LogP contribution in [-0.4, -0.2) is 0 Å². The van der Waals surface area contributed by atoms with E-state index in [9.17, 15) is 0 Å². The van der Waals surface area contributed by atoms with Gasteiger partial charge in [0.15, 0.2) is 0 Å². The Bertz CT molecular complexity index is 231. The summed E-state index contributed by atoms with van der Waals surface area (Å²) in [7, 11) is 0. The van der Waals surface area contributed by atoms with E-state index in [0.717, 1.165) is 0 Å². The second kappa shape index (κ2) is 10.1. The minimum absolute atomic E-state index is 0. The smallest absolute Gasteiger partial charge is 0 e. The van der Waals surface area contributed by atoms with Crippen molar-refractivity contribution in [2.45, 2.75) is 39.0 Å². The van der Waals surface area contributed by atoms with E-state index in [-0.39, 0.29) is 20.1 Å². The molecule has 2 aliphatic rings. The first kappa shape index (κ1) is 14.6. The van der Waals surface area contributed by atoms with Crippen LogP contribution < -0.4 is 0 Å². The van der Waals surface area contributed by atoms with Crippen LogP contribution in [0.3, 0.4) is 0 Å². The summed E-state index contributed by atoms with van der Waals surface area (Å²) >= 11 is 0. The average Bonchev–Trinajstić information content (AvgIpc) is 2.55. The third kappa shape index (κ3) is 8.59. The third-order valence-electron chi connectivity index (χ3n) is 2.29. The summed E-state index contributed by atoms with van der Waals surface area (Å²) < 4.78 is 0. The van der Waals surface area contributed by atoms with Crippen molar-refractivity contribution in [1.82, 2.24) is 0 Å². The zero-order chi connectivity index (χ0) is 10.1. The molecule has 0 bridgehead atoms. The number of allylic oxidation sites excluding steroid dienone is 8. The van der Waals surface area contributed by atoms with Crippen LogP contribution in [0.4, 0.5) is 0 Å². The van der Waals surface area contributed by atoms with Gasteiger partial charge in [-0.1, -0.05) is 48.1 Å². The van der Waals surface area contributed by atoms with Gasteiger partial charge in [0.25, 0.3) is 0 Å². The van der Waals surface area contributed by atoms with Crippen molar-refractivity contribution in [3.8, 4) is 0 Å². The maximum Gasteiger partial charge on any atom is 0 e. The fourth-order valence-corrected chi connectivity index (χ4v) is 1.41. The fraction of sp³-hybridized carbons (Fsp3) is 0.429. The van der Waals surface area contributed by atoms with E-state index in [4.69, 9.17) is 0 Å². The molecule has 0 saturated carbocycles. The Labute approximate surface area is 107 Å². The Kier molecular flexibility index (Phi) is 9.87. The molecule has 15 heavy (non-hydrogen) atoms. The van der Waals surface area contributed by atoms with Crippen molar-refractivity contribution in [2.24, 2.45) is 0 Å². The number of rotatable bonds is 0. The normalized spacial score (nSPS) is 22.3. The quantitative estimate of drug-likeness (QED) is 0.540. The molecule has 0 fully saturated rings. The summed E-state index contributed by atoms with van der Waals surface area (Å²) in [5.41, 5.74) is 1.47. The fourth-order valence-electron chi connectivity index (χ4n) is 1.41. The summed E-state index contributed by atoms with van der Waals surface area (Å²) in [6.07, 6.45) is 21.6. The van der Waals surface area contributed by atoms with Crippen molar-refractivity contribution >= 4 is 0 Å². The van der Waals surface area contributed by atoms with Crippen LogP contribution in [0.15, 0.2) is 48.1 Å². The van der Waals surface area contributed by atoms with Gasteiger partial charge in [0.05, 0.1) is 0 Å². The molecule has 0 nitrogen and oxygen atoms in total. The monoisotopic (exact) mass is 381 g/mol. The molecule has 0 amide bonds. The molecule has 0 atom stereocenters. The largest absolute Gasteiger partial charge is 0.0882 e. The molecule has 0 N–H and O–H groups in total. The van der Waals surface area contributed by atoms with Gasteiger partial charge in [-0.3, -0.25) is 0 Å². The molecule has 0 saturated heterocycles. The van der Waals surface area contributed by atoms with Crippen LogP contribution in [0.2, 0.25) is 0 Å². The molecule has 2 aliphatic carbocycles. The number of hydrogen-bond acceptors (Lipinski definition) is 0. The van der Waals surface area contributed by atoms with E-state index in [2.05, 4.69) is 49.5 Å². The number of hydrogen-bond donors (Lipinski definition) is 0. The van der Waals surface area contributed by atoms with E-state index in [1.165, 1.54) is 37.7 Å². The van der Waals surface area contributed by atoms with Crippen molar-refractivity contribution < 1.29 is 20.1 Å². The van der Waals surface area contributed by atoms with E-state index in [1.807, 2.05) is 0 Å². The Morgan fingerprint density at radius 2 is 1.27 bits per heavy atom. The summed E-state index contributed by atoms with van der Waals surface area (Å²) in [4.78, 5) is 0. The minimum atomic E-state index is 0. The summed E-state index contributed by atoms with van der Waals surface area (Å²) in [5.74, 6) is 0. The Balaban J connectivity index is 0.000000253. The maximum atomic E-state index is 2.27. The third-order valence-corrected chi connectivity index (χ3v) is 2.29. The maximum absolute atomic E-state index is 2.27. The molecule has 1 heteroatoms. The second-order valence-corrected chi connectivity index (χ2v) is 3.74. The van der Waals surface area contributed by atoms with Gasteiger partial charge in [0, 0.05) is 20.1 Å². The summed E-state index contributed by atoms with van der Waals surface area (Å²) in [6, 6.07) is 0. The molecule has 0 aromatic carbocycles. The first-order chi connectivity index (χ1) is 6.89. The molecular formula is C14H20Ir. The van der Waals surface area contributed by atoms with Gasteiger partial charge in [0.2, 0.25) is 0 Å². The second-order valence-electron chi connectivity index (χ2n) is 3.74. The SMILES string of the molecule is C1=C\CC/C=C\CC/1.CC1=CC=CC1.[Ir]. The van der Waals surface area contributed by atoms with Crippen LogP contribution in [0.25, 0.3) is 0 Å². The van der Waals surface area contributed by atoms with Crippen LogP contribution in [0.5, 0.6) is 0 Å². The zero-order valence-electron chi connectivity index (χ0n) is 9.41. The predicted octanol–water partition coefficient (Wildman–Crippen LogP) is 4.56. The van der Waals surface area contributed by atoms with Crippen LogP contribution in [0, 0.1) is 0 Å². The average molecular weight is 381 g/mol. The van der Waals surface area contributed by atoms with Gasteiger partial charge in [-0.25, -0.2) is 0 Å². The van der Waals surface area contributed by atoms with Crippen molar-refractivity contribution in [3.05, 3.63) is 48.1 Å². The minimum Gasteiger partial charge on any atom is -0.0882 e. The van der Waals surface area contributed by atoms with Crippen molar-refractivity contribution in [1.29, 1.82) is 0 Å². The van der Waals surface area contributed by atoms with E-state index >= 15 is 0 Å². The van der Waals surface area contributed by atoms with Crippen LogP contribution in [0.1, 0.15) is 39.0 Å². The topological polar surface area (TPSA) is 0 Å². The van der Waals surface area contributed by atoms with Crippen molar-refractivity contribution in [3.63, 3.8) is 0 Å². The molecule has 0 aromatic heterocycles. The van der Waals surface area contributed by atoms with Gasteiger partial charge in [0.1, 0.15) is 0 Å². The van der Waals surface area contributed by atoms with Crippen LogP contribution >= 0.6 is 0 Å². The van der Waals surface area contributed by atoms with Crippen LogP contribution in [-0.2, 0) is 20.1 Å². The van der Waals surface area contributed by atoms with Gasteiger partial charge in [-0.15, -0.1) is 0 Å². The molecule has 1 radical (unpaired) electrons. The van der Waals surface area contributed by atoms with E-state index in [0.29, 0.717) is 0 Å². The van der Waals surface area contributed by atoms with E-state index in [1.54, 1.807) is 0 Å². The van der Waals surface area contributed by atoms with Crippen molar-refractivity contribution in [2.75, 3.05) is 0 Å². The summed E-state index contributed by atoms with van der Waals surface area (Å²) in [5, 5.41) is 0. The van der Waals surface area contributed by atoms with Gasteiger partial charge < -0.3 is 0 Å². The van der Waals surface area contributed by atoms with Gasteiger partial charge in [-0.2, -0.15) is 0 Å². The molecular weight excluding hydrogens is 360 g/mol. The van der Waals surface area contributed by atoms with Gasteiger partial charge >= 0.3 is 0 Å². The Morgan fingerprint density at radius 1 is 0.800 bits per heavy atom. The Morgan fingerprint density at radius 3 is 1.47 bits per heavy atom. The molecule has 85 valence electrons. The molecule has 2 rings (SSSR count). The first-order valence-electron chi connectivity index (χ1n) is 5.52. The molecule has 0 spiro atoms. The summed E-state index contributed by atoms with van der Waals surface area (Å²) in [6.45, 7) is 2.14. The molecule has 0 unspecified atom stereocenters. The molecule has 0 aromatic rings.